The summed E-state index contributed by atoms with van der Waals surface area (Å²) in [5.74, 6) is -0.831. The summed E-state index contributed by atoms with van der Waals surface area (Å²) in [6.07, 6.45) is 4.02. The van der Waals surface area contributed by atoms with Gasteiger partial charge in [-0.05, 0) is 61.3 Å². The van der Waals surface area contributed by atoms with Gasteiger partial charge in [0.15, 0.2) is 5.78 Å². The number of hydrogen-bond donors (Lipinski definition) is 1. The molecule has 0 aliphatic heterocycles. The Morgan fingerprint density at radius 3 is 1.51 bits per heavy atom. The van der Waals surface area contributed by atoms with Crippen molar-refractivity contribution in [3.8, 4) is 0 Å². The third kappa shape index (κ3) is 10.2. The standard InChI is InChI=1S/C17H23Br2NO2Si.C16H22BrNO3Si/c1-12-10-20(11-22-7-8-23(2,3)4)17-13(15(21)9-18)5-6-14(19)16(12)17;1-11-9-18(10-21-7-8-22(2,3)4)15-12(16(19)20)5-6-13(17)14(11)15/h5-6,10H,7-9,11H2,1-4H3;5-6,9H,7-8,10H2,1-4H3,(H,19,20). The van der Waals surface area contributed by atoms with Crippen LogP contribution in [0.15, 0.2) is 45.6 Å². The van der Waals surface area contributed by atoms with E-state index in [9.17, 15) is 14.7 Å². The van der Waals surface area contributed by atoms with Crippen LogP contribution in [0.3, 0.4) is 0 Å². The maximum absolute atomic E-state index is 12.3. The molecule has 0 unspecified atom stereocenters. The molecule has 0 radical (unpaired) electrons. The predicted molar refractivity (Wildman–Crippen MR) is 202 cm³/mol. The largest absolute Gasteiger partial charge is 0.478 e. The lowest BCUT2D eigenvalue weighted by atomic mass is 10.1. The second-order valence-corrected chi connectivity index (χ2v) is 27.3. The number of carboxylic acid groups (broad SMARTS) is 1. The molecule has 2 aromatic heterocycles. The predicted octanol–water partition coefficient (Wildman–Crippen LogP) is 10.3. The van der Waals surface area contributed by atoms with Crippen LogP contribution in [0.25, 0.3) is 21.8 Å². The van der Waals surface area contributed by atoms with Gasteiger partial charge in [0.2, 0.25) is 0 Å². The summed E-state index contributed by atoms with van der Waals surface area (Å²) in [6, 6.07) is 9.49. The third-order valence-electron chi connectivity index (χ3n) is 7.42. The van der Waals surface area contributed by atoms with Gasteiger partial charge in [0.05, 0.1) is 21.9 Å². The molecule has 1 N–H and O–H groups in total. The van der Waals surface area contributed by atoms with Crippen molar-refractivity contribution in [2.24, 2.45) is 0 Å². The molecule has 0 amide bonds. The fourth-order valence-corrected chi connectivity index (χ4v) is 8.04. The highest BCUT2D eigenvalue weighted by molar-refractivity contribution is 9.11. The van der Waals surface area contributed by atoms with E-state index in [1.54, 1.807) is 12.1 Å². The first-order valence-electron chi connectivity index (χ1n) is 15.0. The van der Waals surface area contributed by atoms with E-state index < -0.39 is 22.1 Å². The summed E-state index contributed by atoms with van der Waals surface area (Å²) in [4.78, 5) is 23.7. The summed E-state index contributed by atoms with van der Waals surface area (Å²) >= 11 is 10.4. The van der Waals surface area contributed by atoms with Crippen molar-refractivity contribution < 1.29 is 24.2 Å². The average Bonchev–Trinajstić information content (AvgIpc) is 3.45. The minimum atomic E-state index is -1.12. The van der Waals surface area contributed by atoms with Gasteiger partial charge in [0, 0.05) is 67.0 Å². The summed E-state index contributed by atoms with van der Waals surface area (Å²) in [5.41, 5.74) is 4.90. The van der Waals surface area contributed by atoms with Crippen LogP contribution in [-0.2, 0) is 22.9 Å². The smallest absolute Gasteiger partial charge is 0.337 e. The molecule has 4 aromatic rings. The first kappa shape index (κ1) is 37.9. The number of ketones is 1. The molecule has 0 fully saturated rings. The van der Waals surface area contributed by atoms with Gasteiger partial charge in [0.1, 0.15) is 13.5 Å². The highest BCUT2D eigenvalue weighted by Gasteiger charge is 2.19. The molecule has 2 aromatic carbocycles. The normalized spacial score (nSPS) is 12.1. The molecule has 0 aliphatic rings. The van der Waals surface area contributed by atoms with Crippen LogP contribution in [0.2, 0.25) is 51.4 Å². The Bertz CT molecular complexity index is 1670. The average molecular weight is 846 g/mol. The van der Waals surface area contributed by atoms with Crippen LogP contribution < -0.4 is 0 Å². The van der Waals surface area contributed by atoms with E-state index >= 15 is 0 Å². The van der Waals surface area contributed by atoms with E-state index in [-0.39, 0.29) is 5.78 Å². The molecular weight excluding hydrogens is 800 g/mol. The lowest BCUT2D eigenvalue weighted by Crippen LogP contribution is -2.22. The Morgan fingerprint density at radius 1 is 0.733 bits per heavy atom. The minimum Gasteiger partial charge on any atom is -0.478 e. The van der Waals surface area contributed by atoms with Gasteiger partial charge in [-0.25, -0.2) is 4.79 Å². The van der Waals surface area contributed by atoms with Gasteiger partial charge in [-0.2, -0.15) is 0 Å². The number of Topliss-reactive ketones (excluding diaryl/α,β-unsaturated/α-hetero) is 1. The number of nitrogens with zero attached hydrogens (tertiary/aromatic N) is 2. The third-order valence-corrected chi connectivity index (χ3v) is 12.7. The Kier molecular flexibility index (Phi) is 13.5. The van der Waals surface area contributed by atoms with Gasteiger partial charge in [0.25, 0.3) is 0 Å². The van der Waals surface area contributed by atoms with Gasteiger partial charge in [-0.1, -0.05) is 87.1 Å². The zero-order valence-electron chi connectivity index (χ0n) is 27.5. The number of benzene rings is 2. The number of carbonyl (C=O) groups is 2. The fourth-order valence-electron chi connectivity index (χ4n) is 4.96. The second kappa shape index (κ2) is 16.0. The molecule has 0 saturated heterocycles. The highest BCUT2D eigenvalue weighted by Crippen LogP contribution is 2.33. The van der Waals surface area contributed by atoms with E-state index in [1.807, 2.05) is 29.8 Å². The molecule has 0 bridgehead atoms. The van der Waals surface area contributed by atoms with Gasteiger partial charge in [-0.15, -0.1) is 0 Å². The Hall–Kier alpha value is -1.55. The Labute approximate surface area is 294 Å². The molecular formula is C33H45Br3N2O5Si2. The number of ether oxygens (including phenoxy) is 2. The molecule has 0 saturated carbocycles. The number of aromatic carboxylic acids is 1. The maximum atomic E-state index is 12.3. The van der Waals surface area contributed by atoms with Crippen LogP contribution in [0.1, 0.15) is 31.8 Å². The van der Waals surface area contributed by atoms with Crippen molar-refractivity contribution in [3.63, 3.8) is 0 Å². The summed E-state index contributed by atoms with van der Waals surface area (Å²) < 4.78 is 17.5. The van der Waals surface area contributed by atoms with E-state index in [0.717, 1.165) is 60.6 Å². The summed E-state index contributed by atoms with van der Waals surface area (Å²) in [5, 5.41) is 11.8. The van der Waals surface area contributed by atoms with Gasteiger partial charge in [-0.3, -0.25) is 4.79 Å². The van der Waals surface area contributed by atoms with Crippen molar-refractivity contribution in [2.75, 3.05) is 18.5 Å². The number of carboxylic acids is 1. The van der Waals surface area contributed by atoms with E-state index in [2.05, 4.69) is 105 Å². The summed E-state index contributed by atoms with van der Waals surface area (Å²) in [7, 11) is -2.21. The van der Waals surface area contributed by atoms with Crippen LogP contribution in [0.4, 0.5) is 0 Å². The molecule has 0 spiro atoms. The van der Waals surface area contributed by atoms with Gasteiger partial charge < -0.3 is 23.7 Å². The van der Waals surface area contributed by atoms with Crippen molar-refractivity contribution in [1.82, 2.24) is 9.13 Å². The molecule has 45 heavy (non-hydrogen) atoms. The second-order valence-electron chi connectivity index (χ2n) is 13.8. The fraction of sp³-hybridized carbons (Fsp3) is 0.455. The zero-order valence-corrected chi connectivity index (χ0v) is 34.3. The minimum absolute atomic E-state index is 0.0870. The first-order valence-corrected chi connectivity index (χ1v) is 25.1. The van der Waals surface area contributed by atoms with Crippen molar-refractivity contribution in [2.45, 2.75) is 78.7 Å². The highest BCUT2D eigenvalue weighted by atomic mass is 79.9. The molecule has 2 heterocycles. The first-order chi connectivity index (χ1) is 20.9. The van der Waals surface area contributed by atoms with E-state index in [4.69, 9.17) is 9.47 Å². The monoisotopic (exact) mass is 842 g/mol. The maximum Gasteiger partial charge on any atom is 0.337 e. The van der Waals surface area contributed by atoms with E-state index in [1.165, 1.54) is 0 Å². The van der Waals surface area contributed by atoms with Crippen LogP contribution in [0.5, 0.6) is 0 Å². The Morgan fingerprint density at radius 2 is 1.13 bits per heavy atom. The molecule has 0 aliphatic carbocycles. The number of fused-ring (bicyclic) bond motifs is 2. The number of alkyl halides is 1. The number of halogens is 3. The quantitative estimate of drug-likeness (QED) is 0.0627. The summed E-state index contributed by atoms with van der Waals surface area (Å²) in [6.45, 7) is 20.3. The number of aromatic nitrogens is 2. The zero-order chi connectivity index (χ0) is 33.7. The van der Waals surface area contributed by atoms with E-state index in [0.29, 0.717) is 36.5 Å². The van der Waals surface area contributed by atoms with Gasteiger partial charge >= 0.3 is 5.97 Å². The molecule has 246 valence electrons. The molecule has 7 nitrogen and oxygen atoms in total. The molecule has 12 heteroatoms. The number of hydrogen-bond acceptors (Lipinski definition) is 4. The number of carbonyl (C=O) groups excluding carboxylic acids is 1. The molecule has 0 atom stereocenters. The molecule has 4 rings (SSSR count). The van der Waals surface area contributed by atoms with Crippen molar-refractivity contribution in [1.29, 1.82) is 0 Å². The van der Waals surface area contributed by atoms with Crippen LogP contribution >= 0.6 is 47.8 Å². The number of aryl methyl sites for hydroxylation is 2. The van der Waals surface area contributed by atoms with Crippen LogP contribution in [-0.4, -0.2) is 60.7 Å². The van der Waals surface area contributed by atoms with Crippen molar-refractivity contribution >= 4 is 97.5 Å². The SMILES string of the molecule is Cc1cn(COCC[Si](C)(C)C)c2c(C(=O)CBr)ccc(Br)c12.Cc1cn(COCC[Si](C)(C)C)c2c(C(=O)O)ccc(Br)c12. The van der Waals surface area contributed by atoms with Crippen molar-refractivity contribution in [3.05, 3.63) is 67.9 Å². The topological polar surface area (TPSA) is 82.7 Å². The number of rotatable bonds is 13. The lowest BCUT2D eigenvalue weighted by Gasteiger charge is -2.16. The lowest BCUT2D eigenvalue weighted by molar-refractivity contribution is 0.0696. The Balaban J connectivity index is 0.000000246. The van der Waals surface area contributed by atoms with Crippen LogP contribution in [0, 0.1) is 13.8 Å².